The molecule has 130 valence electrons. The number of carbonyl (C=O) groups is 1. The largest absolute Gasteiger partial charge is 0.545 e. The van der Waals surface area contributed by atoms with Gasteiger partial charge in [0.2, 0.25) is 0 Å². The number of benzene rings is 2. The van der Waals surface area contributed by atoms with Crippen molar-refractivity contribution in [3.8, 4) is 0 Å². The maximum absolute atomic E-state index is 12.7. The fourth-order valence-electron chi connectivity index (χ4n) is 2.74. The highest BCUT2D eigenvalue weighted by Crippen LogP contribution is 2.29. The van der Waals surface area contributed by atoms with E-state index in [2.05, 4.69) is 4.72 Å². The lowest BCUT2D eigenvalue weighted by Crippen LogP contribution is -2.22. The second kappa shape index (κ2) is 5.93. The Hall–Kier alpha value is -2.80. The zero-order chi connectivity index (χ0) is 18.4. The van der Waals surface area contributed by atoms with Gasteiger partial charge in [-0.15, -0.1) is 0 Å². The van der Waals surface area contributed by atoms with Crippen molar-refractivity contribution in [3.63, 3.8) is 0 Å². The number of hydrogen-bond donors (Lipinski definition) is 1. The van der Waals surface area contributed by atoms with Gasteiger partial charge < -0.3 is 14.3 Å². The number of carboxylic acids is 1. The summed E-state index contributed by atoms with van der Waals surface area (Å²) in [6, 6.07) is 9.63. The van der Waals surface area contributed by atoms with Gasteiger partial charge in [0.1, 0.15) is 11.3 Å². The number of carboxylic acid groups (broad SMARTS) is 1. The lowest BCUT2D eigenvalue weighted by molar-refractivity contribution is -0.254. The van der Waals surface area contributed by atoms with Gasteiger partial charge in [0.25, 0.3) is 10.0 Å². The number of hydrogen-bond acceptors (Lipinski definition) is 5. The summed E-state index contributed by atoms with van der Waals surface area (Å²) in [4.78, 5) is 11.5. The highest BCUT2D eigenvalue weighted by Gasteiger charge is 2.19. The van der Waals surface area contributed by atoms with E-state index in [1.165, 1.54) is 25.1 Å². The first-order valence-corrected chi connectivity index (χ1v) is 9.02. The Kier molecular flexibility index (Phi) is 4.04. The molecule has 0 saturated heterocycles. The van der Waals surface area contributed by atoms with E-state index in [1.54, 1.807) is 19.1 Å². The first-order valence-electron chi connectivity index (χ1n) is 7.53. The third kappa shape index (κ3) is 3.10. The van der Waals surface area contributed by atoms with Crippen LogP contribution < -0.4 is 9.83 Å². The van der Waals surface area contributed by atoms with Crippen LogP contribution in [0.1, 0.15) is 27.2 Å². The molecule has 6 nitrogen and oxygen atoms in total. The Morgan fingerprint density at radius 1 is 1.08 bits per heavy atom. The van der Waals surface area contributed by atoms with Crippen LogP contribution in [0.15, 0.2) is 45.7 Å². The van der Waals surface area contributed by atoms with Crippen molar-refractivity contribution in [3.05, 3.63) is 58.8 Å². The number of carbonyl (C=O) groups excluding carboxylic acids is 1. The summed E-state index contributed by atoms with van der Waals surface area (Å²) in [7, 11) is -3.81. The average molecular weight is 358 g/mol. The molecule has 1 N–H and O–H groups in total. The van der Waals surface area contributed by atoms with Gasteiger partial charge in [-0.25, -0.2) is 8.42 Å². The van der Waals surface area contributed by atoms with Crippen molar-refractivity contribution < 1.29 is 22.7 Å². The zero-order valence-electron chi connectivity index (χ0n) is 13.9. The number of furan rings is 1. The molecular weight excluding hydrogens is 342 g/mol. The fourth-order valence-corrected chi connectivity index (χ4v) is 4.12. The second-order valence-electron chi connectivity index (χ2n) is 5.91. The van der Waals surface area contributed by atoms with Gasteiger partial charge in [0.05, 0.1) is 10.9 Å². The van der Waals surface area contributed by atoms with Gasteiger partial charge in [-0.05, 0) is 56.2 Å². The van der Waals surface area contributed by atoms with E-state index < -0.39 is 16.0 Å². The monoisotopic (exact) mass is 358 g/mol. The summed E-state index contributed by atoms with van der Waals surface area (Å²) < 4.78 is 33.2. The molecule has 0 fully saturated rings. The Morgan fingerprint density at radius 3 is 2.48 bits per heavy atom. The van der Waals surface area contributed by atoms with E-state index in [9.17, 15) is 18.3 Å². The van der Waals surface area contributed by atoms with Crippen LogP contribution >= 0.6 is 0 Å². The van der Waals surface area contributed by atoms with E-state index in [0.717, 1.165) is 5.56 Å². The summed E-state index contributed by atoms with van der Waals surface area (Å²) in [6.45, 7) is 5.04. The molecule has 0 bridgehead atoms. The molecule has 0 unspecified atom stereocenters. The minimum atomic E-state index is -3.81. The highest BCUT2D eigenvalue weighted by atomic mass is 32.2. The first kappa shape index (κ1) is 17.0. The van der Waals surface area contributed by atoms with Crippen molar-refractivity contribution in [1.82, 2.24) is 0 Å². The molecule has 0 aliphatic carbocycles. The predicted molar refractivity (Wildman–Crippen MR) is 92.0 cm³/mol. The molecule has 0 aliphatic rings. The van der Waals surface area contributed by atoms with Crippen LogP contribution in [0, 0.1) is 20.8 Å². The molecule has 1 aromatic heterocycles. The number of nitrogens with one attached hydrogen (secondary N) is 1. The van der Waals surface area contributed by atoms with E-state index in [-0.39, 0.29) is 21.9 Å². The normalized spacial score (nSPS) is 11.6. The Bertz CT molecular complexity index is 1100. The van der Waals surface area contributed by atoms with Gasteiger partial charge in [-0.1, -0.05) is 12.1 Å². The molecule has 1 heterocycles. The van der Waals surface area contributed by atoms with Crippen molar-refractivity contribution in [1.29, 1.82) is 0 Å². The van der Waals surface area contributed by atoms with Gasteiger partial charge >= 0.3 is 0 Å². The molecule has 0 spiro atoms. The molecule has 2 aromatic carbocycles. The molecular formula is C18H16NO5S-. The maximum atomic E-state index is 12.7. The van der Waals surface area contributed by atoms with Crippen LogP contribution in [0.3, 0.4) is 0 Å². The molecule has 0 saturated carbocycles. The van der Waals surface area contributed by atoms with Crippen LogP contribution in [-0.2, 0) is 10.0 Å². The molecule has 0 amide bonds. The Labute approximate surface area is 145 Å². The molecule has 0 radical (unpaired) electrons. The van der Waals surface area contributed by atoms with Gasteiger partial charge in [-0.2, -0.15) is 0 Å². The van der Waals surface area contributed by atoms with Crippen LogP contribution in [0.4, 0.5) is 5.69 Å². The Balaban J connectivity index is 2.07. The minimum Gasteiger partial charge on any atom is -0.545 e. The quantitative estimate of drug-likeness (QED) is 0.772. The third-order valence-electron chi connectivity index (χ3n) is 3.95. The number of aromatic carboxylic acids is 1. The van der Waals surface area contributed by atoms with Gasteiger partial charge in [-0.3, -0.25) is 4.72 Å². The van der Waals surface area contributed by atoms with E-state index in [4.69, 9.17) is 4.42 Å². The summed E-state index contributed by atoms with van der Waals surface area (Å²) >= 11 is 0. The number of anilines is 1. The minimum absolute atomic E-state index is 0.0808. The average Bonchev–Trinajstić information content (AvgIpc) is 2.84. The fraction of sp³-hybridized carbons (Fsp3) is 0.167. The van der Waals surface area contributed by atoms with Crippen LogP contribution in [-0.4, -0.2) is 14.4 Å². The van der Waals surface area contributed by atoms with Crippen molar-refractivity contribution in [2.75, 3.05) is 4.72 Å². The lowest BCUT2D eigenvalue weighted by Gasteiger charge is -2.11. The topological polar surface area (TPSA) is 99.4 Å². The lowest BCUT2D eigenvalue weighted by atomic mass is 10.1. The molecule has 7 heteroatoms. The van der Waals surface area contributed by atoms with Crippen LogP contribution in [0.5, 0.6) is 0 Å². The first-order chi connectivity index (χ1) is 11.7. The number of fused-ring (bicyclic) bond motifs is 1. The van der Waals surface area contributed by atoms with E-state index >= 15 is 0 Å². The summed E-state index contributed by atoms with van der Waals surface area (Å²) in [6.07, 6.45) is 0. The molecule has 0 aliphatic heterocycles. The number of rotatable bonds is 4. The standard InChI is InChI=1S/C18H17NO5S/c1-10-4-5-11(2)16(8-10)25(22,23)19-13-6-7-15-14(9-13)17(18(20)21)12(3)24-15/h4-9,19H,1-3H3,(H,20,21)/p-1. The molecule has 3 aromatic rings. The van der Waals surface area contributed by atoms with Gasteiger partial charge in [0.15, 0.2) is 0 Å². The molecule has 25 heavy (non-hydrogen) atoms. The van der Waals surface area contributed by atoms with Gasteiger partial charge in [0, 0.05) is 16.6 Å². The second-order valence-corrected chi connectivity index (χ2v) is 7.56. The van der Waals surface area contributed by atoms with E-state index in [0.29, 0.717) is 16.5 Å². The number of aryl methyl sites for hydroxylation is 3. The zero-order valence-corrected chi connectivity index (χ0v) is 14.7. The molecule has 0 atom stereocenters. The van der Waals surface area contributed by atoms with E-state index in [1.807, 2.05) is 13.0 Å². The third-order valence-corrected chi connectivity index (χ3v) is 5.48. The number of sulfonamides is 1. The summed E-state index contributed by atoms with van der Waals surface area (Å²) in [5, 5.41) is 11.6. The predicted octanol–water partition coefficient (Wildman–Crippen LogP) is 2.52. The smallest absolute Gasteiger partial charge is 0.262 e. The summed E-state index contributed by atoms with van der Waals surface area (Å²) in [5.41, 5.74) is 1.96. The molecule has 3 rings (SSSR count). The Morgan fingerprint density at radius 2 is 1.80 bits per heavy atom. The van der Waals surface area contributed by atoms with Crippen molar-refractivity contribution >= 4 is 32.6 Å². The maximum Gasteiger partial charge on any atom is 0.262 e. The highest BCUT2D eigenvalue weighted by molar-refractivity contribution is 7.92. The van der Waals surface area contributed by atoms with Crippen LogP contribution in [0.2, 0.25) is 0 Å². The SMILES string of the molecule is Cc1ccc(C)c(S(=O)(=O)Nc2ccc3oc(C)c(C(=O)[O-])c3c2)c1. The van der Waals surface area contributed by atoms with Crippen LogP contribution in [0.25, 0.3) is 11.0 Å². The van der Waals surface area contributed by atoms with Crippen molar-refractivity contribution in [2.24, 2.45) is 0 Å². The van der Waals surface area contributed by atoms with Crippen molar-refractivity contribution in [2.45, 2.75) is 25.7 Å². The summed E-state index contributed by atoms with van der Waals surface area (Å²) in [5.74, 6) is -1.16.